The van der Waals surface area contributed by atoms with Crippen LogP contribution in [-0.2, 0) is 26.0 Å². The number of nitrogens with one attached hydrogen (secondary N) is 1. The van der Waals surface area contributed by atoms with Crippen LogP contribution in [0.2, 0.25) is 0 Å². The van der Waals surface area contributed by atoms with Crippen molar-refractivity contribution in [3.63, 3.8) is 0 Å². The highest BCUT2D eigenvalue weighted by molar-refractivity contribution is 7.89. The Hall–Kier alpha value is -1.74. The highest BCUT2D eigenvalue weighted by Crippen LogP contribution is 2.24. The van der Waals surface area contributed by atoms with Crippen molar-refractivity contribution >= 4 is 33.0 Å². The molecule has 2 aromatic rings. The maximum Gasteiger partial charge on any atom is 0.243 e. The number of rotatable bonds is 6. The average molecular weight is 395 g/mol. The van der Waals surface area contributed by atoms with Gasteiger partial charge in [-0.15, -0.1) is 11.3 Å². The molecule has 0 spiro atoms. The van der Waals surface area contributed by atoms with Crippen LogP contribution >= 0.6 is 11.3 Å². The Bertz CT molecular complexity index is 857. The Kier molecular flexibility index (Phi) is 6.08. The fourth-order valence-electron chi connectivity index (χ4n) is 2.74. The second-order valence-electron chi connectivity index (χ2n) is 6.12. The molecule has 0 saturated carbocycles. The number of hydrogen-bond acceptors (Lipinski definition) is 5. The summed E-state index contributed by atoms with van der Waals surface area (Å²) in [6, 6.07) is 8.81. The molecule has 1 saturated heterocycles. The summed E-state index contributed by atoms with van der Waals surface area (Å²) in [4.78, 5) is 13.6. The number of nitrogens with zero attached hydrogens (tertiary/aromatic N) is 1. The van der Waals surface area contributed by atoms with E-state index in [1.807, 2.05) is 24.4 Å². The van der Waals surface area contributed by atoms with Crippen molar-refractivity contribution in [3.8, 4) is 0 Å². The van der Waals surface area contributed by atoms with E-state index in [4.69, 9.17) is 4.74 Å². The number of carbonyl (C=O) groups excluding carboxylic acids is 1. The second kappa shape index (κ2) is 8.30. The van der Waals surface area contributed by atoms with Gasteiger partial charge in [0.25, 0.3) is 0 Å². The largest absolute Gasteiger partial charge is 0.379 e. The lowest BCUT2D eigenvalue weighted by molar-refractivity contribution is -0.116. The topological polar surface area (TPSA) is 75.7 Å². The lowest BCUT2D eigenvalue weighted by Crippen LogP contribution is -2.40. The molecular formula is C18H22N2O4S2. The third-order valence-corrected chi connectivity index (χ3v) is 7.10. The predicted octanol–water partition coefficient (Wildman–Crippen LogP) is 2.65. The minimum atomic E-state index is -3.58. The monoisotopic (exact) mass is 394 g/mol. The van der Waals surface area contributed by atoms with Crippen LogP contribution < -0.4 is 5.32 Å². The van der Waals surface area contributed by atoms with E-state index in [1.54, 1.807) is 29.5 Å². The fourth-order valence-corrected chi connectivity index (χ4v) is 4.88. The summed E-state index contributed by atoms with van der Waals surface area (Å²) in [7, 11) is -3.58. The van der Waals surface area contributed by atoms with Crippen LogP contribution in [0.3, 0.4) is 0 Å². The molecule has 3 rings (SSSR count). The van der Waals surface area contributed by atoms with Crippen molar-refractivity contribution in [1.82, 2.24) is 4.31 Å². The molecular weight excluding hydrogens is 372 g/mol. The van der Waals surface area contributed by atoms with Crippen molar-refractivity contribution in [2.45, 2.75) is 24.7 Å². The van der Waals surface area contributed by atoms with Crippen LogP contribution in [0.15, 0.2) is 40.6 Å². The molecule has 1 aromatic carbocycles. The SMILES string of the molecule is Cc1ccc(S(=O)(=O)N2CCOCC2)cc1NC(=O)CCc1cccs1. The van der Waals surface area contributed by atoms with Gasteiger partial charge in [0.15, 0.2) is 0 Å². The average Bonchev–Trinajstić information content (AvgIpc) is 3.16. The van der Waals surface area contributed by atoms with Crippen molar-refractivity contribution in [2.24, 2.45) is 0 Å². The van der Waals surface area contributed by atoms with Crippen LogP contribution in [0, 0.1) is 6.92 Å². The number of sulfonamides is 1. The number of amides is 1. The molecule has 140 valence electrons. The van der Waals surface area contributed by atoms with E-state index < -0.39 is 10.0 Å². The van der Waals surface area contributed by atoms with Crippen LogP contribution in [0.5, 0.6) is 0 Å². The maximum absolute atomic E-state index is 12.8. The van der Waals surface area contributed by atoms with E-state index in [0.29, 0.717) is 44.8 Å². The number of anilines is 1. The van der Waals surface area contributed by atoms with Gasteiger partial charge in [-0.3, -0.25) is 4.79 Å². The Morgan fingerprint density at radius 1 is 1.27 bits per heavy atom. The fraction of sp³-hybridized carbons (Fsp3) is 0.389. The highest BCUT2D eigenvalue weighted by atomic mass is 32.2. The zero-order valence-electron chi connectivity index (χ0n) is 14.6. The summed E-state index contributed by atoms with van der Waals surface area (Å²) >= 11 is 1.62. The number of thiophene rings is 1. The zero-order chi connectivity index (χ0) is 18.6. The molecule has 2 heterocycles. The lowest BCUT2D eigenvalue weighted by Gasteiger charge is -2.26. The number of carbonyl (C=O) groups is 1. The second-order valence-corrected chi connectivity index (χ2v) is 9.09. The first-order chi connectivity index (χ1) is 12.5. The Morgan fingerprint density at radius 2 is 2.04 bits per heavy atom. The van der Waals surface area contributed by atoms with Crippen LogP contribution in [0.1, 0.15) is 16.9 Å². The molecule has 1 aliphatic rings. The molecule has 1 amide bonds. The first kappa shape index (κ1) is 19.0. The van der Waals surface area contributed by atoms with E-state index in [0.717, 1.165) is 10.4 Å². The number of morpholine rings is 1. The van der Waals surface area contributed by atoms with Gasteiger partial charge in [-0.25, -0.2) is 8.42 Å². The Morgan fingerprint density at radius 3 is 2.73 bits per heavy atom. The predicted molar refractivity (Wildman–Crippen MR) is 102 cm³/mol. The van der Waals surface area contributed by atoms with E-state index >= 15 is 0 Å². The molecule has 0 bridgehead atoms. The van der Waals surface area contributed by atoms with E-state index in [9.17, 15) is 13.2 Å². The zero-order valence-corrected chi connectivity index (χ0v) is 16.2. The third kappa shape index (κ3) is 4.50. The molecule has 1 fully saturated rings. The van der Waals surface area contributed by atoms with Crippen molar-refractivity contribution in [1.29, 1.82) is 0 Å². The first-order valence-corrected chi connectivity index (χ1v) is 10.8. The van der Waals surface area contributed by atoms with Gasteiger partial charge >= 0.3 is 0 Å². The summed E-state index contributed by atoms with van der Waals surface area (Å²) in [5.41, 5.74) is 1.37. The van der Waals surface area contributed by atoms with E-state index in [1.165, 1.54) is 4.31 Å². The van der Waals surface area contributed by atoms with Gasteiger partial charge < -0.3 is 10.1 Å². The minimum absolute atomic E-state index is 0.123. The van der Waals surface area contributed by atoms with Crippen LogP contribution in [0.25, 0.3) is 0 Å². The minimum Gasteiger partial charge on any atom is -0.379 e. The van der Waals surface area contributed by atoms with Gasteiger partial charge in [-0.05, 0) is 42.5 Å². The molecule has 0 unspecified atom stereocenters. The number of ether oxygens (including phenoxy) is 1. The Labute approximate surface area is 157 Å². The van der Waals surface area contributed by atoms with E-state index in [-0.39, 0.29) is 10.8 Å². The van der Waals surface area contributed by atoms with Gasteiger partial charge in [0.2, 0.25) is 15.9 Å². The molecule has 1 N–H and O–H groups in total. The normalized spacial score (nSPS) is 15.7. The third-order valence-electron chi connectivity index (χ3n) is 4.27. The van der Waals surface area contributed by atoms with Gasteiger partial charge in [0.1, 0.15) is 0 Å². The summed E-state index contributed by atoms with van der Waals surface area (Å²) in [6.07, 6.45) is 1.04. The maximum atomic E-state index is 12.8. The van der Waals surface area contributed by atoms with Crippen LogP contribution in [-0.4, -0.2) is 44.9 Å². The summed E-state index contributed by atoms with van der Waals surface area (Å²) in [5.74, 6) is -0.123. The van der Waals surface area contributed by atoms with Gasteiger partial charge in [0, 0.05) is 30.1 Å². The summed E-state index contributed by atoms with van der Waals surface area (Å²) in [6.45, 7) is 3.34. The van der Waals surface area contributed by atoms with E-state index in [2.05, 4.69) is 5.32 Å². The lowest BCUT2D eigenvalue weighted by atomic mass is 10.2. The molecule has 0 aliphatic carbocycles. The standard InChI is InChI=1S/C18H22N2O4S2/c1-14-4-6-16(26(22,23)20-8-10-24-11-9-20)13-17(14)19-18(21)7-5-15-3-2-12-25-15/h2-4,6,12-13H,5,7-11H2,1H3,(H,19,21). The number of benzene rings is 1. The van der Waals surface area contributed by atoms with Crippen LogP contribution in [0.4, 0.5) is 5.69 Å². The molecule has 1 aliphatic heterocycles. The van der Waals surface area contributed by atoms with Crippen molar-refractivity contribution in [2.75, 3.05) is 31.6 Å². The molecule has 0 radical (unpaired) electrons. The molecule has 1 aromatic heterocycles. The molecule has 0 atom stereocenters. The smallest absolute Gasteiger partial charge is 0.243 e. The molecule has 6 nitrogen and oxygen atoms in total. The van der Waals surface area contributed by atoms with Gasteiger partial charge in [-0.2, -0.15) is 4.31 Å². The van der Waals surface area contributed by atoms with Crippen molar-refractivity contribution < 1.29 is 17.9 Å². The van der Waals surface area contributed by atoms with Crippen molar-refractivity contribution in [3.05, 3.63) is 46.2 Å². The molecule has 8 heteroatoms. The number of hydrogen-bond donors (Lipinski definition) is 1. The quantitative estimate of drug-likeness (QED) is 0.817. The number of aryl methyl sites for hydroxylation is 2. The summed E-state index contributed by atoms with van der Waals surface area (Å²) in [5, 5.41) is 4.83. The Balaban J connectivity index is 1.71. The molecule has 26 heavy (non-hydrogen) atoms. The van der Waals surface area contributed by atoms with Gasteiger partial charge in [-0.1, -0.05) is 12.1 Å². The van der Waals surface area contributed by atoms with Gasteiger partial charge in [0.05, 0.1) is 18.1 Å². The highest BCUT2D eigenvalue weighted by Gasteiger charge is 2.26. The summed E-state index contributed by atoms with van der Waals surface area (Å²) < 4.78 is 32.2. The first-order valence-electron chi connectivity index (χ1n) is 8.47.